The summed E-state index contributed by atoms with van der Waals surface area (Å²) in [4.78, 5) is -0.189. The molecular weight excluding hydrogens is 243 g/mol. The fourth-order valence-electron chi connectivity index (χ4n) is 0.967. The van der Waals surface area contributed by atoms with E-state index < -0.39 is 22.2 Å². The molecule has 0 aliphatic rings. The average molecular weight is 253 g/mol. The molecule has 0 amide bonds. The maximum absolute atomic E-state index is 12.2. The molecule has 7 heteroatoms. The van der Waals surface area contributed by atoms with Crippen LogP contribution in [-0.4, -0.2) is 20.6 Å². The fraction of sp³-hybridized carbons (Fsp3) is 0.333. The van der Waals surface area contributed by atoms with E-state index in [1.807, 2.05) is 0 Å². The van der Waals surface area contributed by atoms with E-state index in [9.17, 15) is 21.6 Å². The smallest absolute Gasteiger partial charge is 0.207 e. The third-order valence-corrected chi connectivity index (χ3v) is 3.43. The molecule has 16 heavy (non-hydrogen) atoms. The summed E-state index contributed by atoms with van der Waals surface area (Å²) < 4.78 is 61.0. The van der Waals surface area contributed by atoms with Gasteiger partial charge in [-0.05, 0) is 19.1 Å². The van der Waals surface area contributed by atoms with Gasteiger partial charge in [-0.2, -0.15) is 17.9 Å². The molecule has 0 aliphatic carbocycles. The van der Waals surface area contributed by atoms with E-state index in [-0.39, 0.29) is 4.90 Å². The third-order valence-electron chi connectivity index (χ3n) is 1.88. The van der Waals surface area contributed by atoms with Crippen LogP contribution < -0.4 is 4.72 Å². The molecule has 1 rings (SSSR count). The van der Waals surface area contributed by atoms with E-state index in [1.54, 1.807) is 10.8 Å². The second-order valence-corrected chi connectivity index (χ2v) is 4.91. The molecule has 0 heterocycles. The zero-order valence-electron chi connectivity index (χ0n) is 8.32. The molecule has 1 aromatic carbocycles. The Bertz CT molecular complexity index is 442. The second-order valence-electron chi connectivity index (χ2n) is 3.20. The number of benzene rings is 1. The summed E-state index contributed by atoms with van der Waals surface area (Å²) in [6, 6.07) is 4.79. The van der Waals surface area contributed by atoms with Crippen LogP contribution in [0.25, 0.3) is 0 Å². The molecule has 0 unspecified atom stereocenters. The van der Waals surface area contributed by atoms with Crippen LogP contribution in [0, 0.1) is 0 Å². The summed E-state index contributed by atoms with van der Waals surface area (Å²) in [7, 11) is -4.11. The predicted octanol–water partition coefficient (Wildman–Crippen LogP) is 1.92. The van der Waals surface area contributed by atoms with Crippen LogP contribution in [0.2, 0.25) is 0 Å². The van der Waals surface area contributed by atoms with Gasteiger partial charge < -0.3 is 0 Å². The second kappa shape index (κ2) is 4.42. The van der Waals surface area contributed by atoms with Crippen molar-refractivity contribution < 1.29 is 21.6 Å². The molecule has 1 aromatic rings. The first-order valence-corrected chi connectivity index (χ1v) is 5.86. The Balaban J connectivity index is 2.90. The van der Waals surface area contributed by atoms with Crippen molar-refractivity contribution in [3.05, 3.63) is 30.3 Å². The lowest BCUT2D eigenvalue weighted by atomic mass is 10.4. The largest absolute Gasteiger partial charge is 0.404 e. The lowest BCUT2D eigenvalue weighted by Gasteiger charge is -2.17. The molecule has 1 N–H and O–H groups in total. The minimum atomic E-state index is -4.60. The molecule has 0 aliphatic heterocycles. The molecule has 0 saturated carbocycles. The highest BCUT2D eigenvalue weighted by Gasteiger charge is 2.38. The van der Waals surface area contributed by atoms with Gasteiger partial charge in [0.2, 0.25) is 10.0 Å². The summed E-state index contributed by atoms with van der Waals surface area (Å²) in [6.45, 7) is 0.750. The maximum atomic E-state index is 12.2. The molecule has 1 atom stereocenters. The first-order valence-electron chi connectivity index (χ1n) is 4.37. The molecule has 0 fully saturated rings. The van der Waals surface area contributed by atoms with E-state index in [4.69, 9.17) is 0 Å². The van der Waals surface area contributed by atoms with Gasteiger partial charge in [0.25, 0.3) is 0 Å². The lowest BCUT2D eigenvalue weighted by molar-refractivity contribution is -0.147. The standard InChI is InChI=1S/C9H10F3NO2S/c1-7(9(10,11)12)13-16(14,15)8-5-3-2-4-6-8/h2-7,13H,1H3/t7-/m1/s1. The van der Waals surface area contributed by atoms with Crippen molar-refractivity contribution in [3.63, 3.8) is 0 Å². The van der Waals surface area contributed by atoms with Crippen molar-refractivity contribution in [2.75, 3.05) is 0 Å². The highest BCUT2D eigenvalue weighted by Crippen LogP contribution is 2.21. The number of hydrogen-bond donors (Lipinski definition) is 1. The van der Waals surface area contributed by atoms with Gasteiger partial charge in [-0.3, -0.25) is 0 Å². The van der Waals surface area contributed by atoms with E-state index in [0.29, 0.717) is 0 Å². The van der Waals surface area contributed by atoms with Gasteiger partial charge in [-0.1, -0.05) is 18.2 Å². The third kappa shape index (κ3) is 3.21. The van der Waals surface area contributed by atoms with E-state index in [2.05, 4.69) is 0 Å². The Kier molecular flexibility index (Phi) is 3.59. The first kappa shape index (κ1) is 13.0. The van der Waals surface area contributed by atoms with E-state index >= 15 is 0 Å². The van der Waals surface area contributed by atoms with Crippen LogP contribution >= 0.6 is 0 Å². The SMILES string of the molecule is C[C@@H](NS(=O)(=O)c1ccccc1)C(F)(F)F. The Hall–Kier alpha value is -1.08. The Morgan fingerprint density at radius 3 is 2.12 bits per heavy atom. The lowest BCUT2D eigenvalue weighted by Crippen LogP contribution is -2.42. The average Bonchev–Trinajstić information content (AvgIpc) is 2.17. The Labute approximate surface area is 91.3 Å². The van der Waals surface area contributed by atoms with E-state index in [1.165, 1.54) is 24.3 Å². The van der Waals surface area contributed by atoms with Crippen LogP contribution in [0.5, 0.6) is 0 Å². The van der Waals surface area contributed by atoms with Crippen LogP contribution in [-0.2, 0) is 10.0 Å². The van der Waals surface area contributed by atoms with Crippen molar-refractivity contribution in [1.82, 2.24) is 4.72 Å². The van der Waals surface area contributed by atoms with Gasteiger partial charge in [0.1, 0.15) is 6.04 Å². The summed E-state index contributed by atoms with van der Waals surface area (Å²) in [5.41, 5.74) is 0. The van der Waals surface area contributed by atoms with Crippen molar-refractivity contribution in [2.24, 2.45) is 0 Å². The van der Waals surface area contributed by atoms with Crippen LogP contribution in [0.4, 0.5) is 13.2 Å². The Morgan fingerprint density at radius 1 is 1.19 bits per heavy atom. The van der Waals surface area contributed by atoms with Gasteiger partial charge in [0.15, 0.2) is 0 Å². The zero-order chi connectivity index (χ0) is 12.4. The number of halogens is 3. The highest BCUT2D eigenvalue weighted by molar-refractivity contribution is 7.89. The molecule has 0 spiro atoms. The van der Waals surface area contributed by atoms with Gasteiger partial charge in [0.05, 0.1) is 4.90 Å². The molecule has 0 bridgehead atoms. The molecule has 0 radical (unpaired) electrons. The normalized spacial score (nSPS) is 14.8. The first-order chi connectivity index (χ1) is 7.23. The summed E-state index contributed by atoms with van der Waals surface area (Å²) >= 11 is 0. The maximum Gasteiger partial charge on any atom is 0.404 e. The molecule has 3 nitrogen and oxygen atoms in total. The monoisotopic (exact) mass is 253 g/mol. The molecular formula is C9H10F3NO2S. The molecule has 0 saturated heterocycles. The number of nitrogens with one attached hydrogen (secondary N) is 1. The molecule has 90 valence electrons. The zero-order valence-corrected chi connectivity index (χ0v) is 9.14. The van der Waals surface area contributed by atoms with Crippen molar-refractivity contribution >= 4 is 10.0 Å². The van der Waals surface area contributed by atoms with E-state index in [0.717, 1.165) is 6.92 Å². The number of hydrogen-bond acceptors (Lipinski definition) is 2. The predicted molar refractivity (Wildman–Crippen MR) is 52.3 cm³/mol. The van der Waals surface area contributed by atoms with Gasteiger partial charge in [0, 0.05) is 0 Å². The minimum absolute atomic E-state index is 0.189. The van der Waals surface area contributed by atoms with Crippen LogP contribution in [0.15, 0.2) is 35.2 Å². The number of sulfonamides is 1. The summed E-state index contributed by atoms with van der Waals surface area (Å²) in [5, 5.41) is 0. The van der Waals surface area contributed by atoms with Gasteiger partial charge >= 0.3 is 6.18 Å². The van der Waals surface area contributed by atoms with Gasteiger partial charge in [-0.15, -0.1) is 0 Å². The fourth-order valence-corrected chi connectivity index (χ4v) is 2.22. The quantitative estimate of drug-likeness (QED) is 0.894. The highest BCUT2D eigenvalue weighted by atomic mass is 32.2. The minimum Gasteiger partial charge on any atom is -0.207 e. The van der Waals surface area contributed by atoms with Crippen LogP contribution in [0.1, 0.15) is 6.92 Å². The number of alkyl halides is 3. The van der Waals surface area contributed by atoms with Crippen LogP contribution in [0.3, 0.4) is 0 Å². The summed E-state index contributed by atoms with van der Waals surface area (Å²) in [6.07, 6.45) is -4.60. The topological polar surface area (TPSA) is 46.2 Å². The molecule has 0 aromatic heterocycles. The van der Waals surface area contributed by atoms with Crippen molar-refractivity contribution in [2.45, 2.75) is 24.0 Å². The summed E-state index contributed by atoms with van der Waals surface area (Å²) in [5.74, 6) is 0. The number of rotatable bonds is 3. The van der Waals surface area contributed by atoms with Crippen molar-refractivity contribution in [1.29, 1.82) is 0 Å². The Morgan fingerprint density at radius 2 is 1.69 bits per heavy atom. The van der Waals surface area contributed by atoms with Crippen molar-refractivity contribution in [3.8, 4) is 0 Å². The van der Waals surface area contributed by atoms with Gasteiger partial charge in [-0.25, -0.2) is 8.42 Å².